The number of methoxy groups -OCH3 is 1. The van der Waals surface area contributed by atoms with Gasteiger partial charge in [-0.25, -0.2) is 15.2 Å². The maximum Gasteiger partial charge on any atom is 0.324 e. The van der Waals surface area contributed by atoms with Crippen molar-refractivity contribution < 1.29 is 28.7 Å². The minimum Gasteiger partial charge on any atom is -0.464 e. The van der Waals surface area contributed by atoms with Gasteiger partial charge in [0.2, 0.25) is 5.91 Å². The molecule has 5 atom stereocenters. The first kappa shape index (κ1) is 46.1. The number of hydrogen-bond acceptors (Lipinski definition) is 11. The average molecular weight is 884 g/mol. The Hall–Kier alpha value is -4.90. The maximum atomic E-state index is 14.6. The fourth-order valence-electron chi connectivity index (χ4n) is 9.37. The number of rotatable bonds is 10. The number of aromatic nitrogens is 3. The monoisotopic (exact) mass is 883 g/mol. The Balaban J connectivity index is 1.28. The molecule has 0 spiro atoms. The van der Waals surface area contributed by atoms with Gasteiger partial charge < -0.3 is 34.1 Å². The summed E-state index contributed by atoms with van der Waals surface area (Å²) in [7, 11) is 7.32. The van der Waals surface area contributed by atoms with Gasteiger partial charge in [0, 0.05) is 91.8 Å². The molecule has 15 nitrogen and oxygen atoms in total. The van der Waals surface area contributed by atoms with Gasteiger partial charge in [-0.1, -0.05) is 33.8 Å². The van der Waals surface area contributed by atoms with Crippen LogP contribution in [0.3, 0.4) is 0 Å². The first-order chi connectivity index (χ1) is 30.0. The summed E-state index contributed by atoms with van der Waals surface area (Å²) in [5.41, 5.74) is 9.40. The second-order valence-corrected chi connectivity index (χ2v) is 19.7. The van der Waals surface area contributed by atoms with Crippen LogP contribution in [0.25, 0.3) is 33.4 Å². The number of pyridine rings is 1. The Morgan fingerprint density at radius 2 is 1.89 bits per heavy atom. The Labute approximate surface area is 375 Å². The van der Waals surface area contributed by atoms with Crippen LogP contribution < -0.4 is 10.7 Å². The Bertz CT molecular complexity index is 2320. The van der Waals surface area contributed by atoms with E-state index in [-0.39, 0.29) is 43.0 Å². The van der Waals surface area contributed by atoms with E-state index in [2.05, 4.69) is 65.2 Å². The van der Waals surface area contributed by atoms with Crippen LogP contribution in [0.2, 0.25) is 0 Å². The number of hydrazine groups is 1. The van der Waals surface area contributed by atoms with Crippen molar-refractivity contribution in [1.82, 2.24) is 45.0 Å². The fourth-order valence-corrected chi connectivity index (χ4v) is 10.2. The van der Waals surface area contributed by atoms with Crippen LogP contribution in [0, 0.1) is 11.3 Å². The van der Waals surface area contributed by atoms with Gasteiger partial charge >= 0.3 is 12.0 Å². The second-order valence-electron chi connectivity index (χ2n) is 18.8. The molecule has 1 aromatic carbocycles. The summed E-state index contributed by atoms with van der Waals surface area (Å²) in [6.07, 6.45) is 4.21. The fraction of sp³-hybridized carbons (Fsp3) is 0.574. The molecule has 3 aromatic heterocycles. The normalized spacial score (nSPS) is 21.5. The molecule has 0 radical (unpaired) electrons. The van der Waals surface area contributed by atoms with Crippen molar-refractivity contribution in [2.45, 2.75) is 110 Å². The van der Waals surface area contributed by atoms with Crippen molar-refractivity contribution in [3.05, 3.63) is 58.2 Å². The third-order valence-corrected chi connectivity index (χ3v) is 13.6. The van der Waals surface area contributed by atoms with Crippen molar-refractivity contribution in [3.63, 3.8) is 0 Å². The van der Waals surface area contributed by atoms with E-state index >= 15 is 0 Å². The molecule has 0 aliphatic carbocycles. The summed E-state index contributed by atoms with van der Waals surface area (Å²) in [6.45, 7) is 14.7. The predicted octanol–water partition coefficient (Wildman–Crippen LogP) is 5.91. The summed E-state index contributed by atoms with van der Waals surface area (Å²) in [5, 5.41) is 8.23. The molecule has 0 saturated carbocycles. The number of urea groups is 1. The molecule has 2 N–H and O–H groups in total. The van der Waals surface area contributed by atoms with E-state index in [0.29, 0.717) is 43.9 Å². The van der Waals surface area contributed by atoms with Gasteiger partial charge in [-0.3, -0.25) is 24.4 Å². The molecule has 2 fully saturated rings. The number of ether oxygens (including phenoxy) is 2. The van der Waals surface area contributed by atoms with Crippen LogP contribution in [-0.2, 0) is 43.2 Å². The number of carbonyl (C=O) groups excluding carboxylic acids is 4. The first-order valence-electron chi connectivity index (χ1n) is 22.3. The number of amides is 4. The van der Waals surface area contributed by atoms with Gasteiger partial charge in [-0.2, -0.15) is 0 Å². The zero-order valence-corrected chi connectivity index (χ0v) is 39.4. The minimum atomic E-state index is -1.04. The Morgan fingerprint density at radius 1 is 1.11 bits per heavy atom. The number of likely N-dealkylation sites (tertiary alicyclic amines) is 1. The number of fused-ring (bicyclic) bond motifs is 6. The number of nitrogens with zero attached hydrogens (tertiary/aromatic N) is 7. The molecular weight excluding hydrogens is 819 g/mol. The number of esters is 1. The molecule has 16 heteroatoms. The van der Waals surface area contributed by atoms with Crippen molar-refractivity contribution in [2.75, 3.05) is 54.5 Å². The Kier molecular flexibility index (Phi) is 13.9. The van der Waals surface area contributed by atoms with Crippen molar-refractivity contribution >= 4 is 46.1 Å². The van der Waals surface area contributed by atoms with E-state index in [9.17, 15) is 19.2 Å². The third-order valence-electron chi connectivity index (χ3n) is 12.7. The number of hydrogen-bond donors (Lipinski definition) is 2. The van der Waals surface area contributed by atoms with E-state index in [1.54, 1.807) is 20.4 Å². The lowest BCUT2D eigenvalue weighted by Gasteiger charge is -2.45. The summed E-state index contributed by atoms with van der Waals surface area (Å²) in [6, 6.07) is 7.69. The van der Waals surface area contributed by atoms with Gasteiger partial charge in [0.1, 0.15) is 18.1 Å². The minimum absolute atomic E-state index is 0.0730. The lowest BCUT2D eigenvalue weighted by atomic mass is 9.84. The van der Waals surface area contributed by atoms with E-state index < -0.39 is 35.4 Å². The van der Waals surface area contributed by atoms with Crippen LogP contribution in [0.1, 0.15) is 83.2 Å². The molecule has 4 aromatic rings. The number of carbonyl (C=O) groups is 4. The lowest BCUT2D eigenvalue weighted by molar-refractivity contribution is -0.155. The number of thiazole rings is 1. The predicted molar refractivity (Wildman–Crippen MR) is 245 cm³/mol. The molecular formula is C47H65N9O6S. The average Bonchev–Trinajstić information content (AvgIpc) is 3.84. The van der Waals surface area contributed by atoms with Crippen LogP contribution in [-0.4, -0.2) is 137 Å². The molecule has 2 saturated heterocycles. The van der Waals surface area contributed by atoms with E-state index in [4.69, 9.17) is 19.4 Å². The summed E-state index contributed by atoms with van der Waals surface area (Å²) in [5.74, 6) is -1.50. The van der Waals surface area contributed by atoms with Crippen LogP contribution >= 0.6 is 11.3 Å². The summed E-state index contributed by atoms with van der Waals surface area (Å²) >= 11 is 1.43. The van der Waals surface area contributed by atoms with E-state index in [0.717, 1.165) is 57.6 Å². The summed E-state index contributed by atoms with van der Waals surface area (Å²) in [4.78, 5) is 72.0. The molecule has 1 unspecified atom stereocenters. The lowest BCUT2D eigenvalue weighted by Crippen LogP contribution is -2.64. The van der Waals surface area contributed by atoms with Gasteiger partial charge in [-0.15, -0.1) is 11.3 Å². The highest BCUT2D eigenvalue weighted by Crippen LogP contribution is 2.42. The highest BCUT2D eigenvalue weighted by molar-refractivity contribution is 7.10. The smallest absolute Gasteiger partial charge is 0.324 e. The number of benzene rings is 1. The van der Waals surface area contributed by atoms with E-state index in [1.165, 1.54) is 21.2 Å². The van der Waals surface area contributed by atoms with Gasteiger partial charge in [0.25, 0.3) is 5.91 Å². The zero-order chi connectivity index (χ0) is 45.3. The molecule has 4 amide bonds. The number of likely N-dealkylation sites (N-methyl/N-ethyl adjacent to an activating group) is 2. The van der Waals surface area contributed by atoms with Crippen LogP contribution in [0.5, 0.6) is 0 Å². The SMILES string of the molecule is CCn1c(-c2cccnc2[C@H](C)OC)c2c3cc(ccc31)-c1csc(n1)C[C@H](NC(=O)C(C(C)C)N(C)C(=O)N1CC[C@H]1CN(C)C)C(=O)N1CCC[C@H](N1)C(=O)OCC(C)(C)C2. The van der Waals surface area contributed by atoms with Gasteiger partial charge in [0.15, 0.2) is 0 Å². The zero-order valence-electron chi connectivity index (χ0n) is 38.6. The standard InChI is InChI=1S/C47H65N9O6S/c1-11-54-38-17-16-30-22-33(38)34(42(54)32-14-12-19-48-40(32)29(4)61-10)24-47(5,6)27-62-45(59)35-15-13-20-56(51-35)44(58)36(23-39-49-37(30)26-63-39)50-43(57)41(28(2)3)53(9)46(60)55-21-18-31(55)25-52(7)8/h12,14,16-17,19,22,26,28-29,31,35-36,41,51H,11,13,15,18,20-21,23-25,27H2,1-10H3,(H,50,57)/t29-,31-,35-,36-,41?/m0/s1. The molecule has 63 heavy (non-hydrogen) atoms. The molecule has 3 aliphatic heterocycles. The number of aryl methyl sites for hydroxylation is 1. The van der Waals surface area contributed by atoms with Crippen molar-refractivity contribution in [1.29, 1.82) is 0 Å². The molecule has 6 bridgehead atoms. The van der Waals surface area contributed by atoms with Crippen LogP contribution in [0.15, 0.2) is 41.9 Å². The molecule has 6 heterocycles. The second kappa shape index (κ2) is 19.1. The molecule has 7 rings (SSSR count). The first-order valence-corrected chi connectivity index (χ1v) is 23.2. The maximum absolute atomic E-state index is 14.6. The summed E-state index contributed by atoms with van der Waals surface area (Å²) < 4.78 is 14.2. The largest absolute Gasteiger partial charge is 0.464 e. The molecule has 3 aliphatic rings. The Morgan fingerprint density at radius 3 is 2.57 bits per heavy atom. The van der Waals surface area contributed by atoms with Crippen molar-refractivity contribution in [2.24, 2.45) is 11.3 Å². The number of nitrogens with one attached hydrogen (secondary N) is 2. The highest BCUT2D eigenvalue weighted by atomic mass is 32.1. The highest BCUT2D eigenvalue weighted by Gasteiger charge is 2.41. The third kappa shape index (κ3) is 9.64. The topological polar surface area (TPSA) is 154 Å². The van der Waals surface area contributed by atoms with Crippen molar-refractivity contribution in [3.8, 4) is 22.5 Å². The quantitative estimate of drug-likeness (QED) is 0.184. The van der Waals surface area contributed by atoms with Crippen LogP contribution in [0.4, 0.5) is 4.79 Å². The van der Waals surface area contributed by atoms with Gasteiger partial charge in [-0.05, 0) is 89.4 Å². The van der Waals surface area contributed by atoms with Gasteiger partial charge in [0.05, 0.1) is 34.8 Å². The molecule has 340 valence electrons. The number of cyclic esters (lactones) is 1. The van der Waals surface area contributed by atoms with E-state index in [1.807, 2.05) is 51.2 Å².